The van der Waals surface area contributed by atoms with Gasteiger partial charge in [0.1, 0.15) is 11.6 Å². The molecule has 152 valence electrons. The van der Waals surface area contributed by atoms with Gasteiger partial charge in [0, 0.05) is 36.5 Å². The molecule has 2 aromatic carbocycles. The second-order valence-electron chi connectivity index (χ2n) is 6.05. The molecule has 0 aliphatic heterocycles. The number of nitro groups is 1. The standard InChI is InChI=1S/C19H19ClN4O5/c1-3-23(19(27)13-4-9-16(20)17(10-13)24(28)29)11-18(26)22-15-7-5-14(6-8-15)21-12(2)25/h4-10H,3,11H2,1-2H3,(H,21,25)(H,22,26). The molecular weight excluding hydrogens is 400 g/mol. The van der Waals surface area contributed by atoms with Gasteiger partial charge in [-0.1, -0.05) is 11.6 Å². The third kappa shape index (κ3) is 6.01. The van der Waals surface area contributed by atoms with E-state index in [0.717, 1.165) is 6.07 Å². The van der Waals surface area contributed by atoms with Crippen LogP contribution < -0.4 is 10.6 Å². The van der Waals surface area contributed by atoms with Gasteiger partial charge in [-0.05, 0) is 43.3 Å². The number of halogens is 1. The molecule has 0 aliphatic carbocycles. The largest absolute Gasteiger partial charge is 0.330 e. The van der Waals surface area contributed by atoms with E-state index in [4.69, 9.17) is 11.6 Å². The summed E-state index contributed by atoms with van der Waals surface area (Å²) in [4.78, 5) is 47.6. The lowest BCUT2D eigenvalue weighted by Gasteiger charge is -2.20. The summed E-state index contributed by atoms with van der Waals surface area (Å²) < 4.78 is 0. The molecule has 0 aromatic heterocycles. The third-order valence-electron chi connectivity index (χ3n) is 3.88. The molecule has 0 unspecified atom stereocenters. The van der Waals surface area contributed by atoms with Crippen molar-refractivity contribution in [2.24, 2.45) is 0 Å². The number of carbonyl (C=O) groups is 3. The lowest BCUT2D eigenvalue weighted by atomic mass is 10.1. The Morgan fingerprint density at radius 3 is 2.17 bits per heavy atom. The summed E-state index contributed by atoms with van der Waals surface area (Å²) in [6.45, 7) is 3.07. The van der Waals surface area contributed by atoms with Gasteiger partial charge in [-0.3, -0.25) is 24.5 Å². The molecule has 2 rings (SSSR count). The van der Waals surface area contributed by atoms with Crippen LogP contribution in [0.1, 0.15) is 24.2 Å². The Hall–Kier alpha value is -3.46. The molecule has 0 spiro atoms. The fraction of sp³-hybridized carbons (Fsp3) is 0.211. The van der Waals surface area contributed by atoms with Crippen LogP contribution in [0.15, 0.2) is 42.5 Å². The van der Waals surface area contributed by atoms with E-state index in [1.165, 1.54) is 24.0 Å². The normalized spacial score (nSPS) is 10.2. The first kappa shape index (κ1) is 21.8. The molecular formula is C19H19ClN4O5. The molecule has 2 N–H and O–H groups in total. The minimum Gasteiger partial charge on any atom is -0.330 e. The van der Waals surface area contributed by atoms with E-state index in [2.05, 4.69) is 10.6 Å². The topological polar surface area (TPSA) is 122 Å². The first-order valence-electron chi connectivity index (χ1n) is 8.62. The lowest BCUT2D eigenvalue weighted by molar-refractivity contribution is -0.384. The predicted molar refractivity (Wildman–Crippen MR) is 109 cm³/mol. The summed E-state index contributed by atoms with van der Waals surface area (Å²) >= 11 is 5.77. The lowest BCUT2D eigenvalue weighted by Crippen LogP contribution is -2.37. The number of hydrogen-bond acceptors (Lipinski definition) is 5. The number of nitrogens with one attached hydrogen (secondary N) is 2. The van der Waals surface area contributed by atoms with E-state index < -0.39 is 16.7 Å². The molecule has 29 heavy (non-hydrogen) atoms. The fourth-order valence-corrected chi connectivity index (χ4v) is 2.70. The minimum atomic E-state index is -0.674. The van der Waals surface area contributed by atoms with Crippen LogP contribution in [0.4, 0.5) is 17.1 Å². The highest BCUT2D eigenvalue weighted by atomic mass is 35.5. The Morgan fingerprint density at radius 2 is 1.66 bits per heavy atom. The average molecular weight is 419 g/mol. The molecule has 2 aromatic rings. The van der Waals surface area contributed by atoms with Crippen molar-refractivity contribution in [3.05, 3.63) is 63.2 Å². The van der Waals surface area contributed by atoms with Crippen LogP contribution in [0, 0.1) is 10.1 Å². The summed E-state index contributed by atoms with van der Waals surface area (Å²) in [5.74, 6) is -1.17. The molecule has 0 saturated heterocycles. The van der Waals surface area contributed by atoms with E-state index in [1.807, 2.05) is 0 Å². The van der Waals surface area contributed by atoms with Gasteiger partial charge in [0.05, 0.1) is 4.92 Å². The molecule has 0 radical (unpaired) electrons. The Labute approximate surface area is 171 Å². The third-order valence-corrected chi connectivity index (χ3v) is 4.20. The van der Waals surface area contributed by atoms with Crippen LogP contribution in [0.2, 0.25) is 5.02 Å². The van der Waals surface area contributed by atoms with Crippen molar-refractivity contribution in [2.45, 2.75) is 13.8 Å². The number of anilines is 2. The van der Waals surface area contributed by atoms with Gasteiger partial charge in [0.2, 0.25) is 11.8 Å². The predicted octanol–water partition coefficient (Wildman–Crippen LogP) is 3.31. The molecule has 0 atom stereocenters. The molecule has 0 heterocycles. The number of nitro benzene ring substituents is 1. The van der Waals surface area contributed by atoms with E-state index >= 15 is 0 Å². The van der Waals surface area contributed by atoms with Gasteiger partial charge in [-0.2, -0.15) is 0 Å². The molecule has 10 heteroatoms. The number of carbonyl (C=O) groups excluding carboxylic acids is 3. The van der Waals surface area contributed by atoms with Gasteiger partial charge in [0.25, 0.3) is 11.6 Å². The first-order chi connectivity index (χ1) is 13.7. The van der Waals surface area contributed by atoms with E-state index in [0.29, 0.717) is 11.4 Å². The van der Waals surface area contributed by atoms with Crippen LogP contribution in [0.5, 0.6) is 0 Å². The summed E-state index contributed by atoms with van der Waals surface area (Å²) in [6, 6.07) is 10.2. The Balaban J connectivity index is 2.06. The van der Waals surface area contributed by atoms with Crippen LogP contribution >= 0.6 is 11.6 Å². The number of benzene rings is 2. The summed E-state index contributed by atoms with van der Waals surface area (Å²) in [5, 5.41) is 16.2. The maximum atomic E-state index is 12.6. The summed E-state index contributed by atoms with van der Waals surface area (Å²) in [5.41, 5.74) is 0.771. The summed E-state index contributed by atoms with van der Waals surface area (Å²) in [7, 11) is 0. The quantitative estimate of drug-likeness (QED) is 0.527. The maximum absolute atomic E-state index is 12.6. The van der Waals surface area contributed by atoms with Crippen LogP contribution in [0.25, 0.3) is 0 Å². The van der Waals surface area contributed by atoms with E-state index in [-0.39, 0.29) is 35.3 Å². The zero-order chi connectivity index (χ0) is 21.6. The second-order valence-corrected chi connectivity index (χ2v) is 6.46. The van der Waals surface area contributed by atoms with Crippen LogP contribution in [0.3, 0.4) is 0 Å². The minimum absolute atomic E-state index is 0.0652. The molecule has 0 saturated carbocycles. The zero-order valence-corrected chi connectivity index (χ0v) is 16.5. The molecule has 0 aliphatic rings. The summed E-state index contributed by atoms with van der Waals surface area (Å²) in [6.07, 6.45) is 0. The van der Waals surface area contributed by atoms with Crippen molar-refractivity contribution in [3.8, 4) is 0 Å². The van der Waals surface area contributed by atoms with Gasteiger partial charge >= 0.3 is 0 Å². The monoisotopic (exact) mass is 418 g/mol. The van der Waals surface area contributed by atoms with Crippen molar-refractivity contribution < 1.29 is 19.3 Å². The first-order valence-corrected chi connectivity index (χ1v) is 8.99. The maximum Gasteiger partial charge on any atom is 0.288 e. The second kappa shape index (κ2) is 9.65. The Kier molecular flexibility index (Phi) is 7.27. The van der Waals surface area contributed by atoms with Crippen molar-refractivity contribution in [2.75, 3.05) is 23.7 Å². The Morgan fingerprint density at radius 1 is 1.07 bits per heavy atom. The fourth-order valence-electron chi connectivity index (χ4n) is 2.51. The highest BCUT2D eigenvalue weighted by Gasteiger charge is 2.21. The van der Waals surface area contributed by atoms with Gasteiger partial charge in [-0.25, -0.2) is 0 Å². The highest BCUT2D eigenvalue weighted by Crippen LogP contribution is 2.25. The number of amides is 3. The molecule has 0 fully saturated rings. The number of likely N-dealkylation sites (N-methyl/N-ethyl adjacent to an activating group) is 1. The molecule has 9 nitrogen and oxygen atoms in total. The van der Waals surface area contributed by atoms with Gasteiger partial charge < -0.3 is 15.5 Å². The number of rotatable bonds is 7. The van der Waals surface area contributed by atoms with Crippen LogP contribution in [-0.4, -0.2) is 40.6 Å². The zero-order valence-electron chi connectivity index (χ0n) is 15.8. The van der Waals surface area contributed by atoms with Crippen molar-refractivity contribution in [3.63, 3.8) is 0 Å². The van der Waals surface area contributed by atoms with Crippen molar-refractivity contribution >= 4 is 46.4 Å². The number of hydrogen-bond donors (Lipinski definition) is 2. The Bertz CT molecular complexity index is 946. The van der Waals surface area contributed by atoms with Crippen LogP contribution in [-0.2, 0) is 9.59 Å². The molecule has 3 amide bonds. The van der Waals surface area contributed by atoms with Gasteiger partial charge in [-0.15, -0.1) is 0 Å². The molecule has 0 bridgehead atoms. The number of nitrogens with zero attached hydrogens (tertiary/aromatic N) is 2. The SMILES string of the molecule is CCN(CC(=O)Nc1ccc(NC(C)=O)cc1)C(=O)c1ccc(Cl)c([N+](=O)[O-])c1. The van der Waals surface area contributed by atoms with Crippen molar-refractivity contribution in [1.29, 1.82) is 0 Å². The van der Waals surface area contributed by atoms with Crippen molar-refractivity contribution in [1.82, 2.24) is 4.90 Å². The van der Waals surface area contributed by atoms with E-state index in [9.17, 15) is 24.5 Å². The highest BCUT2D eigenvalue weighted by molar-refractivity contribution is 6.32. The average Bonchev–Trinajstić information content (AvgIpc) is 2.67. The van der Waals surface area contributed by atoms with Gasteiger partial charge in [0.15, 0.2) is 0 Å². The smallest absolute Gasteiger partial charge is 0.288 e. The van der Waals surface area contributed by atoms with E-state index in [1.54, 1.807) is 31.2 Å².